The lowest BCUT2D eigenvalue weighted by Crippen LogP contribution is -2.43. The average molecular weight is 468 g/mol. The second-order valence-corrected chi connectivity index (χ2v) is 8.28. The largest absolute Gasteiger partial charge is 0.268 e. The molecule has 0 saturated heterocycles. The summed E-state index contributed by atoms with van der Waals surface area (Å²) in [7, 11) is 0. The van der Waals surface area contributed by atoms with Crippen molar-refractivity contribution in [1.82, 2.24) is 0 Å². The molecular weight excluding hydrogens is 456 g/mol. The molecule has 2 aliphatic heterocycles. The molecule has 4 amide bonds. The molecule has 168 valence electrons. The maximum absolute atomic E-state index is 13.4. The van der Waals surface area contributed by atoms with Gasteiger partial charge in [0.05, 0.1) is 34.6 Å². The zero-order valence-corrected chi connectivity index (χ0v) is 18.4. The van der Waals surface area contributed by atoms with E-state index in [0.29, 0.717) is 22.5 Å². The number of anilines is 2. The zero-order valence-electron chi connectivity index (χ0n) is 18.4. The molecular formula is C28H12N4O4. The number of amides is 4. The smallest absolute Gasteiger partial charge is 0.265 e. The van der Waals surface area contributed by atoms with Gasteiger partial charge in [-0.25, -0.2) is 9.80 Å². The summed E-state index contributed by atoms with van der Waals surface area (Å²) in [6.45, 7) is 0. The molecule has 0 aliphatic carbocycles. The minimum Gasteiger partial charge on any atom is -0.268 e. The zero-order chi connectivity index (χ0) is 25.1. The van der Waals surface area contributed by atoms with Crippen molar-refractivity contribution in [1.29, 1.82) is 10.5 Å². The van der Waals surface area contributed by atoms with Gasteiger partial charge in [-0.15, -0.1) is 0 Å². The van der Waals surface area contributed by atoms with E-state index < -0.39 is 23.6 Å². The van der Waals surface area contributed by atoms with Crippen molar-refractivity contribution >= 4 is 45.8 Å². The van der Waals surface area contributed by atoms with Crippen LogP contribution >= 0.6 is 0 Å². The van der Waals surface area contributed by atoms with E-state index >= 15 is 0 Å². The maximum atomic E-state index is 13.4. The first-order valence-electron chi connectivity index (χ1n) is 10.8. The van der Waals surface area contributed by atoms with Gasteiger partial charge in [-0.3, -0.25) is 19.2 Å². The Hall–Kier alpha value is -5.60. The number of nitriles is 2. The standard InChI is InChI=1S/C28H12N4O4/c29-13-15-1-5-17(6-2-15)31-25(33)19-9-11-21-24-22(12-10-20(23(19)24)26(31)34)28(36)32(27(21)35)18-7-3-16(14-30)4-8-18/h1-12H. The van der Waals surface area contributed by atoms with Crippen LogP contribution < -0.4 is 9.80 Å². The van der Waals surface area contributed by atoms with Crippen molar-refractivity contribution in [2.75, 3.05) is 9.80 Å². The van der Waals surface area contributed by atoms with Crippen molar-refractivity contribution in [3.63, 3.8) is 0 Å². The van der Waals surface area contributed by atoms with E-state index in [2.05, 4.69) is 0 Å². The first-order chi connectivity index (χ1) is 17.4. The van der Waals surface area contributed by atoms with Gasteiger partial charge in [-0.2, -0.15) is 10.5 Å². The van der Waals surface area contributed by atoms with Crippen LogP contribution in [0.2, 0.25) is 0 Å². The molecule has 0 unspecified atom stereocenters. The molecule has 6 rings (SSSR count). The average Bonchev–Trinajstić information content (AvgIpc) is 2.91. The number of rotatable bonds is 2. The summed E-state index contributed by atoms with van der Waals surface area (Å²) in [6.07, 6.45) is 0. The van der Waals surface area contributed by atoms with E-state index in [1.165, 1.54) is 72.8 Å². The van der Waals surface area contributed by atoms with E-state index in [9.17, 15) is 19.2 Å². The predicted molar refractivity (Wildman–Crippen MR) is 129 cm³/mol. The molecule has 0 radical (unpaired) electrons. The van der Waals surface area contributed by atoms with Gasteiger partial charge in [0.2, 0.25) is 0 Å². The molecule has 0 N–H and O–H groups in total. The van der Waals surface area contributed by atoms with E-state index in [4.69, 9.17) is 10.5 Å². The van der Waals surface area contributed by atoms with Gasteiger partial charge in [-0.05, 0) is 72.8 Å². The molecule has 0 fully saturated rings. The first kappa shape index (κ1) is 21.0. The highest BCUT2D eigenvalue weighted by atomic mass is 16.2. The minimum absolute atomic E-state index is 0.196. The van der Waals surface area contributed by atoms with E-state index in [0.717, 1.165) is 9.80 Å². The van der Waals surface area contributed by atoms with Crippen molar-refractivity contribution in [2.24, 2.45) is 0 Å². The predicted octanol–water partition coefficient (Wildman–Crippen LogP) is 4.18. The topological polar surface area (TPSA) is 122 Å². The third kappa shape index (κ3) is 2.73. The summed E-state index contributed by atoms with van der Waals surface area (Å²) < 4.78 is 0. The molecule has 4 aromatic rings. The summed E-state index contributed by atoms with van der Waals surface area (Å²) in [5.74, 6) is -2.35. The Labute approximate surface area is 203 Å². The van der Waals surface area contributed by atoms with Gasteiger partial charge >= 0.3 is 0 Å². The van der Waals surface area contributed by atoms with Crippen LogP contribution in [0.1, 0.15) is 52.6 Å². The van der Waals surface area contributed by atoms with Gasteiger partial charge in [0, 0.05) is 33.0 Å². The summed E-state index contributed by atoms with van der Waals surface area (Å²) in [6, 6.07) is 22.1. The van der Waals surface area contributed by atoms with Gasteiger partial charge < -0.3 is 0 Å². The van der Waals surface area contributed by atoms with Crippen LogP contribution in [0.15, 0.2) is 72.8 Å². The van der Waals surface area contributed by atoms with Crippen LogP contribution in [0.25, 0.3) is 10.8 Å². The number of nitrogens with zero attached hydrogens (tertiary/aromatic N) is 4. The van der Waals surface area contributed by atoms with E-state index in [-0.39, 0.29) is 33.0 Å². The Morgan fingerprint density at radius 3 is 0.972 bits per heavy atom. The monoisotopic (exact) mass is 468 g/mol. The Morgan fingerprint density at radius 1 is 0.444 bits per heavy atom. The van der Waals surface area contributed by atoms with Crippen LogP contribution in [0.4, 0.5) is 11.4 Å². The quantitative estimate of drug-likeness (QED) is 0.407. The molecule has 0 saturated carbocycles. The van der Waals surface area contributed by atoms with Gasteiger partial charge in [0.1, 0.15) is 0 Å². The number of hydrogen-bond donors (Lipinski definition) is 0. The first-order valence-corrected chi connectivity index (χ1v) is 10.8. The fraction of sp³-hybridized carbons (Fsp3) is 0. The molecule has 8 nitrogen and oxygen atoms in total. The molecule has 4 aromatic carbocycles. The third-order valence-corrected chi connectivity index (χ3v) is 6.40. The SMILES string of the molecule is N#Cc1ccc(N2C(=O)c3ccc4c5c(ccc(c35)C2=O)C(=O)N(c2ccc(C#N)cc2)C4=O)cc1. The van der Waals surface area contributed by atoms with Crippen LogP contribution in [0.3, 0.4) is 0 Å². The molecule has 2 aliphatic rings. The van der Waals surface area contributed by atoms with Gasteiger partial charge in [0.25, 0.3) is 23.6 Å². The minimum atomic E-state index is -0.588. The number of hydrogen-bond acceptors (Lipinski definition) is 6. The molecule has 36 heavy (non-hydrogen) atoms. The second-order valence-electron chi connectivity index (χ2n) is 8.28. The van der Waals surface area contributed by atoms with Crippen molar-refractivity contribution in [3.8, 4) is 12.1 Å². The van der Waals surface area contributed by atoms with E-state index in [1.807, 2.05) is 12.1 Å². The van der Waals surface area contributed by atoms with Crippen LogP contribution in [-0.4, -0.2) is 23.6 Å². The maximum Gasteiger partial charge on any atom is 0.265 e. The molecule has 0 spiro atoms. The van der Waals surface area contributed by atoms with Crippen LogP contribution in [-0.2, 0) is 0 Å². The number of carbonyl (C=O) groups is 4. The highest BCUT2D eigenvalue weighted by molar-refractivity contribution is 6.42. The summed E-state index contributed by atoms with van der Waals surface area (Å²) in [4.78, 5) is 55.8. The van der Waals surface area contributed by atoms with Crippen molar-refractivity contribution in [2.45, 2.75) is 0 Å². The lowest BCUT2D eigenvalue weighted by Gasteiger charge is -2.32. The Morgan fingerprint density at radius 2 is 0.722 bits per heavy atom. The Bertz CT molecular complexity index is 1570. The molecule has 0 aromatic heterocycles. The molecule has 8 heteroatoms. The van der Waals surface area contributed by atoms with Crippen LogP contribution in [0.5, 0.6) is 0 Å². The number of benzene rings is 4. The summed E-state index contributed by atoms with van der Waals surface area (Å²) in [5, 5.41) is 18.6. The fourth-order valence-corrected chi connectivity index (χ4v) is 4.71. The third-order valence-electron chi connectivity index (χ3n) is 6.40. The summed E-state index contributed by atoms with van der Waals surface area (Å²) >= 11 is 0. The van der Waals surface area contributed by atoms with Crippen molar-refractivity contribution in [3.05, 3.63) is 106 Å². The van der Waals surface area contributed by atoms with E-state index in [1.54, 1.807) is 0 Å². The number of carbonyl (C=O) groups excluding carboxylic acids is 4. The highest BCUT2D eigenvalue weighted by Crippen LogP contribution is 2.40. The van der Waals surface area contributed by atoms with Crippen molar-refractivity contribution < 1.29 is 19.2 Å². The fourth-order valence-electron chi connectivity index (χ4n) is 4.71. The highest BCUT2D eigenvalue weighted by Gasteiger charge is 2.40. The normalized spacial score (nSPS) is 14.2. The molecule has 0 bridgehead atoms. The van der Waals surface area contributed by atoms with Gasteiger partial charge in [0.15, 0.2) is 0 Å². The Kier molecular flexibility index (Phi) is 4.34. The Balaban J connectivity index is 1.52. The lowest BCUT2D eigenvalue weighted by molar-refractivity contribution is 0.0873. The molecule has 0 atom stereocenters. The second kappa shape index (κ2) is 7.45. The number of imide groups is 2. The molecule has 2 heterocycles. The summed E-state index contributed by atoms with van der Waals surface area (Å²) in [5.41, 5.74) is 2.18. The van der Waals surface area contributed by atoms with Crippen LogP contribution in [0, 0.1) is 22.7 Å². The lowest BCUT2D eigenvalue weighted by atomic mass is 9.85. The van der Waals surface area contributed by atoms with Gasteiger partial charge in [-0.1, -0.05) is 0 Å².